The van der Waals surface area contributed by atoms with Gasteiger partial charge in [0.15, 0.2) is 5.43 Å². The van der Waals surface area contributed by atoms with E-state index in [9.17, 15) is 19.1 Å². The lowest BCUT2D eigenvalue weighted by atomic mass is 9.98. The number of amides is 1. The van der Waals surface area contributed by atoms with Crippen LogP contribution in [0, 0.1) is 12.7 Å². The fourth-order valence-corrected chi connectivity index (χ4v) is 3.63. The molecule has 1 aliphatic rings. The summed E-state index contributed by atoms with van der Waals surface area (Å²) in [5.74, 6) is -0.971. The Kier molecular flexibility index (Phi) is 4.25. The molecule has 0 saturated heterocycles. The highest BCUT2D eigenvalue weighted by Gasteiger charge is 2.42. The van der Waals surface area contributed by atoms with E-state index in [0.29, 0.717) is 10.6 Å². The van der Waals surface area contributed by atoms with Crippen LogP contribution in [0.25, 0.3) is 11.0 Å². The van der Waals surface area contributed by atoms with Crippen LogP contribution in [0.15, 0.2) is 45.6 Å². The zero-order valence-electron chi connectivity index (χ0n) is 14.3. The lowest BCUT2D eigenvalue weighted by Crippen LogP contribution is -2.32. The second-order valence-corrected chi connectivity index (χ2v) is 6.85. The summed E-state index contributed by atoms with van der Waals surface area (Å²) in [7, 11) is 0. The van der Waals surface area contributed by atoms with Crippen LogP contribution < -0.4 is 5.43 Å². The number of halogens is 2. The van der Waals surface area contributed by atoms with Crippen LogP contribution in [0.5, 0.6) is 0 Å². The molecule has 1 aliphatic heterocycles. The van der Waals surface area contributed by atoms with Crippen LogP contribution in [0.1, 0.15) is 33.3 Å². The lowest BCUT2D eigenvalue weighted by molar-refractivity contribution is 0.0691. The zero-order chi connectivity index (χ0) is 19.3. The molecular weight excluding hydrogens is 373 g/mol. The lowest BCUT2D eigenvalue weighted by Gasteiger charge is -2.24. The van der Waals surface area contributed by atoms with E-state index in [2.05, 4.69) is 0 Å². The van der Waals surface area contributed by atoms with Crippen molar-refractivity contribution < 1.29 is 18.7 Å². The van der Waals surface area contributed by atoms with Crippen LogP contribution in [0.3, 0.4) is 0 Å². The first-order chi connectivity index (χ1) is 12.9. The molecule has 138 valence electrons. The molecule has 5 nitrogen and oxygen atoms in total. The average Bonchev–Trinajstić information content (AvgIpc) is 2.91. The maximum Gasteiger partial charge on any atom is 0.290 e. The maximum absolute atomic E-state index is 13.3. The number of β-amino-alcohol motifs (C(OH)–C–C–N with tert-alkyl or cyclic N) is 1. The van der Waals surface area contributed by atoms with E-state index in [0.717, 1.165) is 5.56 Å². The van der Waals surface area contributed by atoms with Crippen molar-refractivity contribution in [1.82, 2.24) is 4.90 Å². The van der Waals surface area contributed by atoms with Crippen molar-refractivity contribution in [1.29, 1.82) is 0 Å². The number of fused-ring (bicyclic) bond motifs is 2. The van der Waals surface area contributed by atoms with Crippen LogP contribution in [-0.4, -0.2) is 29.1 Å². The minimum atomic E-state index is -0.763. The summed E-state index contributed by atoms with van der Waals surface area (Å²) in [5, 5.41) is 10.1. The number of aliphatic hydroxyl groups is 1. The van der Waals surface area contributed by atoms with Gasteiger partial charge in [0.2, 0.25) is 5.76 Å². The average molecular weight is 388 g/mol. The van der Waals surface area contributed by atoms with Crippen molar-refractivity contribution in [3.05, 3.63) is 79.9 Å². The Bertz CT molecular complexity index is 1120. The number of benzene rings is 2. The van der Waals surface area contributed by atoms with Gasteiger partial charge in [-0.3, -0.25) is 9.59 Å². The fourth-order valence-electron chi connectivity index (χ4n) is 3.47. The van der Waals surface area contributed by atoms with E-state index < -0.39 is 17.8 Å². The van der Waals surface area contributed by atoms with Gasteiger partial charge in [0, 0.05) is 11.6 Å². The second-order valence-electron chi connectivity index (χ2n) is 6.45. The van der Waals surface area contributed by atoms with E-state index in [4.69, 9.17) is 16.0 Å². The highest BCUT2D eigenvalue weighted by molar-refractivity contribution is 6.32. The molecule has 2 heterocycles. The first-order valence-corrected chi connectivity index (χ1v) is 8.74. The first kappa shape index (κ1) is 17.7. The SMILES string of the molecule is Cc1cc2oc3c(c(=O)c2cc1Cl)C(c1ccc(F)cc1)N(CCO)C3=O. The summed E-state index contributed by atoms with van der Waals surface area (Å²) in [6.45, 7) is 1.51. The van der Waals surface area contributed by atoms with Gasteiger partial charge >= 0.3 is 0 Å². The number of nitrogens with zero attached hydrogens (tertiary/aromatic N) is 1. The number of carbonyl (C=O) groups is 1. The number of hydrogen-bond acceptors (Lipinski definition) is 4. The van der Waals surface area contributed by atoms with E-state index >= 15 is 0 Å². The fraction of sp³-hybridized carbons (Fsp3) is 0.200. The summed E-state index contributed by atoms with van der Waals surface area (Å²) in [6, 6.07) is 7.93. The predicted octanol–water partition coefficient (Wildman–Crippen LogP) is 3.43. The molecule has 0 fully saturated rings. The molecule has 27 heavy (non-hydrogen) atoms. The van der Waals surface area contributed by atoms with Crippen molar-refractivity contribution >= 4 is 28.5 Å². The Morgan fingerprint density at radius 1 is 1.22 bits per heavy atom. The van der Waals surface area contributed by atoms with Crippen molar-refractivity contribution in [3.63, 3.8) is 0 Å². The molecule has 1 unspecified atom stereocenters. The first-order valence-electron chi connectivity index (χ1n) is 8.36. The number of aliphatic hydroxyl groups excluding tert-OH is 1. The monoisotopic (exact) mass is 387 g/mol. The largest absolute Gasteiger partial charge is 0.450 e. The summed E-state index contributed by atoms with van der Waals surface area (Å²) in [6.07, 6.45) is 0. The molecule has 0 radical (unpaired) electrons. The van der Waals surface area contributed by atoms with E-state index in [1.54, 1.807) is 13.0 Å². The summed E-state index contributed by atoms with van der Waals surface area (Å²) >= 11 is 6.16. The summed E-state index contributed by atoms with van der Waals surface area (Å²) < 4.78 is 19.1. The number of carbonyl (C=O) groups excluding carboxylic acids is 1. The van der Waals surface area contributed by atoms with Gasteiger partial charge in [-0.2, -0.15) is 0 Å². The molecule has 1 N–H and O–H groups in total. The molecule has 0 bridgehead atoms. The van der Waals surface area contributed by atoms with E-state index in [1.807, 2.05) is 0 Å². The molecule has 0 spiro atoms. The molecule has 1 amide bonds. The standard InChI is InChI=1S/C20H15ClFNO4/c1-10-8-15-13(9-14(10)21)18(25)16-17(11-2-4-12(22)5-3-11)23(6-7-24)20(26)19(16)27-15/h2-5,8-9,17,24H,6-7H2,1H3. The maximum atomic E-state index is 13.3. The van der Waals surface area contributed by atoms with Crippen LogP contribution in [0.2, 0.25) is 5.02 Å². The van der Waals surface area contributed by atoms with Crippen molar-refractivity contribution in [3.8, 4) is 0 Å². The van der Waals surface area contributed by atoms with Gasteiger partial charge in [0.1, 0.15) is 11.4 Å². The Balaban J connectivity index is 2.02. The smallest absolute Gasteiger partial charge is 0.290 e. The number of aryl methyl sites for hydroxylation is 1. The van der Waals surface area contributed by atoms with Crippen LogP contribution in [0.4, 0.5) is 4.39 Å². The van der Waals surface area contributed by atoms with Crippen molar-refractivity contribution in [2.45, 2.75) is 13.0 Å². The zero-order valence-corrected chi connectivity index (χ0v) is 15.1. The van der Waals surface area contributed by atoms with Gasteiger partial charge < -0.3 is 14.4 Å². The third kappa shape index (κ3) is 2.72. The van der Waals surface area contributed by atoms with Gasteiger partial charge in [-0.25, -0.2) is 4.39 Å². The number of hydrogen-bond donors (Lipinski definition) is 1. The van der Waals surface area contributed by atoms with Gasteiger partial charge in [0.25, 0.3) is 5.91 Å². The predicted molar refractivity (Wildman–Crippen MR) is 98.6 cm³/mol. The topological polar surface area (TPSA) is 70.8 Å². The van der Waals surface area contributed by atoms with Gasteiger partial charge in [-0.15, -0.1) is 0 Å². The normalized spacial score (nSPS) is 16.2. The highest BCUT2D eigenvalue weighted by Crippen LogP contribution is 2.38. The van der Waals surface area contributed by atoms with Crippen molar-refractivity contribution in [2.24, 2.45) is 0 Å². The summed E-state index contributed by atoms with van der Waals surface area (Å²) in [5.41, 5.74) is 1.36. The highest BCUT2D eigenvalue weighted by atomic mass is 35.5. The van der Waals surface area contributed by atoms with Gasteiger partial charge in [0.05, 0.1) is 23.6 Å². The molecule has 7 heteroatoms. The minimum absolute atomic E-state index is 0.0145. The van der Waals surface area contributed by atoms with Gasteiger partial charge in [-0.05, 0) is 42.3 Å². The summed E-state index contributed by atoms with van der Waals surface area (Å²) in [4.78, 5) is 27.4. The second kappa shape index (κ2) is 6.48. The van der Waals surface area contributed by atoms with Crippen LogP contribution >= 0.6 is 11.6 Å². The molecular formula is C20H15ClFNO4. The van der Waals surface area contributed by atoms with Crippen LogP contribution in [-0.2, 0) is 0 Å². The molecule has 2 aromatic carbocycles. The van der Waals surface area contributed by atoms with Gasteiger partial charge in [-0.1, -0.05) is 23.7 Å². The number of rotatable bonds is 3. The van der Waals surface area contributed by atoms with E-state index in [1.165, 1.54) is 35.2 Å². The minimum Gasteiger partial charge on any atom is -0.450 e. The Morgan fingerprint density at radius 2 is 1.93 bits per heavy atom. The third-order valence-corrected chi connectivity index (χ3v) is 5.18. The Labute approximate surface area is 158 Å². The van der Waals surface area contributed by atoms with E-state index in [-0.39, 0.29) is 40.9 Å². The quantitative estimate of drug-likeness (QED) is 0.747. The molecule has 0 aliphatic carbocycles. The third-order valence-electron chi connectivity index (χ3n) is 4.77. The Morgan fingerprint density at radius 3 is 2.59 bits per heavy atom. The molecule has 3 aromatic rings. The molecule has 0 saturated carbocycles. The molecule has 1 aromatic heterocycles. The molecule has 1 atom stereocenters. The molecule has 4 rings (SSSR count). The Hall–Kier alpha value is -2.70. The van der Waals surface area contributed by atoms with Crippen molar-refractivity contribution in [2.75, 3.05) is 13.2 Å².